The first-order valence-electron chi connectivity index (χ1n) is 8.77. The first-order valence-corrected chi connectivity index (χ1v) is 8.77. The van der Waals surface area contributed by atoms with Gasteiger partial charge in [-0.25, -0.2) is 9.97 Å². The summed E-state index contributed by atoms with van der Waals surface area (Å²) in [6.07, 6.45) is 9.58. The zero-order valence-electron chi connectivity index (χ0n) is 13.8. The van der Waals surface area contributed by atoms with Crippen molar-refractivity contribution in [1.82, 2.24) is 19.7 Å². The maximum atomic E-state index is 11.7. The third kappa shape index (κ3) is 2.36. The third-order valence-electron chi connectivity index (χ3n) is 5.30. The lowest BCUT2D eigenvalue weighted by Gasteiger charge is -2.25. The van der Waals surface area contributed by atoms with Crippen molar-refractivity contribution in [1.29, 1.82) is 0 Å². The number of rotatable bonds is 4. The number of nitrogens with one attached hydrogen (secondary N) is 2. The van der Waals surface area contributed by atoms with Crippen LogP contribution >= 0.6 is 0 Å². The fraction of sp³-hybridized carbons (Fsp3) is 0.316. The van der Waals surface area contributed by atoms with E-state index in [0.29, 0.717) is 6.54 Å². The van der Waals surface area contributed by atoms with Crippen LogP contribution in [0.25, 0.3) is 16.9 Å². The molecule has 0 spiro atoms. The Hall–Kier alpha value is -2.89. The van der Waals surface area contributed by atoms with E-state index in [1.54, 1.807) is 6.20 Å². The predicted octanol–water partition coefficient (Wildman–Crippen LogP) is 2.85. The van der Waals surface area contributed by atoms with Crippen molar-refractivity contribution in [2.45, 2.75) is 25.8 Å². The number of imidazole rings is 1. The Morgan fingerprint density at radius 1 is 1.28 bits per heavy atom. The van der Waals surface area contributed by atoms with E-state index in [0.717, 1.165) is 46.3 Å². The van der Waals surface area contributed by atoms with Crippen molar-refractivity contribution in [3.63, 3.8) is 0 Å². The normalized spacial score (nSPS) is 16.6. The van der Waals surface area contributed by atoms with Crippen molar-refractivity contribution in [2.24, 2.45) is 5.92 Å². The van der Waals surface area contributed by atoms with Gasteiger partial charge in [-0.1, -0.05) is 12.5 Å². The smallest absolute Gasteiger partial charge is 0.251 e. The molecule has 1 aliphatic carbocycles. The van der Waals surface area contributed by atoms with E-state index in [2.05, 4.69) is 31.1 Å². The highest BCUT2D eigenvalue weighted by atomic mass is 16.1. The summed E-state index contributed by atoms with van der Waals surface area (Å²) in [5.41, 5.74) is 4.65. The van der Waals surface area contributed by atoms with E-state index in [4.69, 9.17) is 0 Å². The fourth-order valence-electron chi connectivity index (χ4n) is 3.59. The zero-order valence-corrected chi connectivity index (χ0v) is 13.8. The van der Waals surface area contributed by atoms with Gasteiger partial charge in [-0.15, -0.1) is 0 Å². The predicted molar refractivity (Wildman–Crippen MR) is 95.4 cm³/mol. The highest BCUT2D eigenvalue weighted by Crippen LogP contribution is 2.29. The zero-order chi connectivity index (χ0) is 16.8. The molecule has 1 saturated carbocycles. The van der Waals surface area contributed by atoms with Crippen LogP contribution in [-0.4, -0.2) is 26.8 Å². The largest absolute Gasteiger partial charge is 0.367 e. The summed E-state index contributed by atoms with van der Waals surface area (Å²) in [6.45, 7) is 1.55. The first-order chi connectivity index (χ1) is 12.3. The molecule has 1 amide bonds. The lowest BCUT2D eigenvalue weighted by atomic mass is 9.85. The van der Waals surface area contributed by atoms with Crippen molar-refractivity contribution in [2.75, 3.05) is 11.9 Å². The van der Waals surface area contributed by atoms with Crippen LogP contribution in [0.4, 0.5) is 5.82 Å². The summed E-state index contributed by atoms with van der Waals surface area (Å²) in [6, 6.07) is 5.92. The molecule has 0 saturated heterocycles. The van der Waals surface area contributed by atoms with Gasteiger partial charge >= 0.3 is 0 Å². The Morgan fingerprint density at radius 2 is 2.20 bits per heavy atom. The van der Waals surface area contributed by atoms with Gasteiger partial charge in [0, 0.05) is 36.6 Å². The number of carbonyl (C=O) groups is 1. The van der Waals surface area contributed by atoms with Crippen LogP contribution in [0.1, 0.15) is 35.2 Å². The molecule has 25 heavy (non-hydrogen) atoms. The number of benzene rings is 1. The lowest BCUT2D eigenvalue weighted by Crippen LogP contribution is -2.21. The molecule has 1 aromatic carbocycles. The van der Waals surface area contributed by atoms with E-state index < -0.39 is 0 Å². The van der Waals surface area contributed by atoms with Gasteiger partial charge < -0.3 is 10.6 Å². The number of aromatic nitrogens is 3. The topological polar surface area (TPSA) is 71.3 Å². The van der Waals surface area contributed by atoms with Gasteiger partial charge in [-0.3, -0.25) is 9.20 Å². The monoisotopic (exact) mass is 333 g/mol. The number of hydrogen-bond donors (Lipinski definition) is 2. The third-order valence-corrected chi connectivity index (χ3v) is 5.30. The highest BCUT2D eigenvalue weighted by Gasteiger charge is 2.20. The number of hydrogen-bond acceptors (Lipinski definition) is 4. The Labute approximate surface area is 145 Å². The minimum Gasteiger partial charge on any atom is -0.367 e. The summed E-state index contributed by atoms with van der Waals surface area (Å²) in [5, 5.41) is 6.31. The maximum absolute atomic E-state index is 11.7. The van der Waals surface area contributed by atoms with E-state index in [9.17, 15) is 4.79 Å². The van der Waals surface area contributed by atoms with Crippen LogP contribution < -0.4 is 10.6 Å². The van der Waals surface area contributed by atoms with Gasteiger partial charge in [-0.05, 0) is 36.5 Å². The Balaban J connectivity index is 1.52. The molecule has 1 aliphatic heterocycles. The Bertz CT molecular complexity index is 973. The van der Waals surface area contributed by atoms with Crippen molar-refractivity contribution in [3.8, 4) is 11.3 Å². The van der Waals surface area contributed by atoms with E-state index in [-0.39, 0.29) is 5.91 Å². The molecule has 126 valence electrons. The minimum atomic E-state index is 0.00277. The van der Waals surface area contributed by atoms with Crippen LogP contribution in [0.3, 0.4) is 0 Å². The van der Waals surface area contributed by atoms with Crippen LogP contribution in [0.2, 0.25) is 0 Å². The maximum Gasteiger partial charge on any atom is 0.251 e. The summed E-state index contributed by atoms with van der Waals surface area (Å²) >= 11 is 0. The molecule has 0 radical (unpaired) electrons. The molecule has 3 heterocycles. The summed E-state index contributed by atoms with van der Waals surface area (Å²) in [4.78, 5) is 20.8. The average molecular weight is 333 g/mol. The molecule has 3 aromatic rings. The molecule has 6 nitrogen and oxygen atoms in total. The van der Waals surface area contributed by atoms with Crippen LogP contribution in [-0.2, 0) is 6.54 Å². The quantitative estimate of drug-likeness (QED) is 0.770. The van der Waals surface area contributed by atoms with Gasteiger partial charge in [-0.2, -0.15) is 0 Å². The second-order valence-corrected chi connectivity index (χ2v) is 6.85. The van der Waals surface area contributed by atoms with Crippen LogP contribution in [0.15, 0.2) is 36.8 Å². The SMILES string of the molecule is O=C1NCc2cc(-c3cnc(NCC4CCC4)c4nccn34)ccc21. The molecule has 0 unspecified atom stereocenters. The Morgan fingerprint density at radius 3 is 3.04 bits per heavy atom. The molecule has 0 atom stereocenters. The number of fused-ring (bicyclic) bond motifs is 2. The second kappa shape index (κ2) is 5.58. The number of carbonyl (C=O) groups excluding carboxylic acids is 1. The van der Waals surface area contributed by atoms with Gasteiger partial charge in [0.25, 0.3) is 5.91 Å². The van der Waals surface area contributed by atoms with E-state index in [1.165, 1.54) is 19.3 Å². The first kappa shape index (κ1) is 14.5. The highest BCUT2D eigenvalue weighted by molar-refractivity contribution is 5.98. The molecule has 2 aliphatic rings. The molecule has 6 heteroatoms. The average Bonchev–Trinajstić information content (AvgIpc) is 3.21. The standard InChI is InChI=1S/C19H19N5O/c25-19-15-5-4-13(8-14(15)10-23-19)16-11-22-17(18-20-6-7-24(16)18)21-9-12-2-1-3-12/h4-8,11-12H,1-3,9-10H2,(H,21,22)(H,23,25). The lowest BCUT2D eigenvalue weighted by molar-refractivity contribution is 0.0966. The molecule has 1 fully saturated rings. The number of amides is 1. The fourth-order valence-corrected chi connectivity index (χ4v) is 3.59. The minimum absolute atomic E-state index is 0.00277. The summed E-state index contributed by atoms with van der Waals surface area (Å²) in [5.74, 6) is 1.60. The Kier molecular flexibility index (Phi) is 3.23. The molecular weight excluding hydrogens is 314 g/mol. The van der Waals surface area contributed by atoms with Crippen LogP contribution in [0, 0.1) is 5.92 Å². The van der Waals surface area contributed by atoms with Crippen molar-refractivity contribution in [3.05, 3.63) is 47.9 Å². The van der Waals surface area contributed by atoms with Gasteiger partial charge in [0.15, 0.2) is 11.5 Å². The number of anilines is 1. The van der Waals surface area contributed by atoms with E-state index in [1.807, 2.05) is 24.5 Å². The van der Waals surface area contributed by atoms with Gasteiger partial charge in [0.1, 0.15) is 0 Å². The molecular formula is C19H19N5O. The molecule has 2 aromatic heterocycles. The second-order valence-electron chi connectivity index (χ2n) is 6.85. The summed E-state index contributed by atoms with van der Waals surface area (Å²) in [7, 11) is 0. The van der Waals surface area contributed by atoms with Crippen LogP contribution in [0.5, 0.6) is 0 Å². The van der Waals surface area contributed by atoms with E-state index >= 15 is 0 Å². The molecule has 0 bridgehead atoms. The van der Waals surface area contributed by atoms with Gasteiger partial charge in [0.05, 0.1) is 11.9 Å². The molecule has 2 N–H and O–H groups in total. The van der Waals surface area contributed by atoms with Crippen molar-refractivity contribution < 1.29 is 4.79 Å². The van der Waals surface area contributed by atoms with Crippen molar-refractivity contribution >= 4 is 17.4 Å². The molecule has 5 rings (SSSR count). The number of nitrogens with zero attached hydrogens (tertiary/aromatic N) is 3. The summed E-state index contributed by atoms with van der Waals surface area (Å²) < 4.78 is 2.06. The van der Waals surface area contributed by atoms with Gasteiger partial charge in [0.2, 0.25) is 0 Å².